The van der Waals surface area contributed by atoms with Gasteiger partial charge in [0.05, 0.1) is 0 Å². The number of hydrogen-bond donors (Lipinski definition) is 0. The maximum Gasteiger partial charge on any atom is 0.0396 e. The minimum Gasteiger partial charge on any atom is -0.371 e. The number of hydrogen-bond acceptors (Lipinski definition) is 2. The highest BCUT2D eigenvalue weighted by Gasteiger charge is 2.37. The molecule has 0 saturated carbocycles. The molecule has 0 atom stereocenters. The zero-order valence-electron chi connectivity index (χ0n) is 15.8. The van der Waals surface area contributed by atoms with Crippen molar-refractivity contribution in [2.75, 3.05) is 38.1 Å². The Labute approximate surface area is 142 Å². The minimum atomic E-state index is 0.239. The van der Waals surface area contributed by atoms with Gasteiger partial charge >= 0.3 is 0 Å². The summed E-state index contributed by atoms with van der Waals surface area (Å²) in [7, 11) is 2.27. The van der Waals surface area contributed by atoms with E-state index in [1.54, 1.807) is 0 Å². The molecular weight excluding hydrogens is 280 g/mol. The molecule has 2 aliphatic heterocycles. The maximum absolute atomic E-state index is 2.63. The third-order valence-electron chi connectivity index (χ3n) is 6.28. The van der Waals surface area contributed by atoms with E-state index in [0.717, 1.165) is 0 Å². The molecule has 0 bridgehead atoms. The number of nitrogens with zero attached hydrogens (tertiary/aromatic N) is 2. The Morgan fingerprint density at radius 1 is 0.913 bits per heavy atom. The van der Waals surface area contributed by atoms with Gasteiger partial charge in [-0.1, -0.05) is 32.9 Å². The molecule has 128 valence electrons. The molecule has 2 saturated heterocycles. The van der Waals surface area contributed by atoms with Gasteiger partial charge < -0.3 is 9.80 Å². The molecule has 1 aromatic rings. The van der Waals surface area contributed by atoms with Gasteiger partial charge in [-0.25, -0.2) is 0 Å². The number of piperidine rings is 2. The predicted molar refractivity (Wildman–Crippen MR) is 100 cm³/mol. The van der Waals surface area contributed by atoms with Crippen LogP contribution in [0, 0.1) is 12.3 Å². The molecule has 2 heteroatoms. The lowest BCUT2D eigenvalue weighted by Gasteiger charge is -2.47. The van der Waals surface area contributed by atoms with Crippen LogP contribution in [0.1, 0.15) is 57.6 Å². The smallest absolute Gasteiger partial charge is 0.0396 e. The van der Waals surface area contributed by atoms with Crippen molar-refractivity contribution in [3.8, 4) is 0 Å². The largest absolute Gasteiger partial charge is 0.371 e. The molecule has 23 heavy (non-hydrogen) atoms. The van der Waals surface area contributed by atoms with Gasteiger partial charge in [0, 0.05) is 18.8 Å². The number of aryl methyl sites for hydroxylation is 1. The van der Waals surface area contributed by atoms with E-state index in [1.807, 2.05) is 0 Å². The zero-order chi connectivity index (χ0) is 16.7. The molecule has 2 aliphatic rings. The average molecular weight is 315 g/mol. The fraction of sp³-hybridized carbons (Fsp3) is 0.714. The molecule has 0 amide bonds. The highest BCUT2D eigenvalue weighted by Crippen LogP contribution is 2.42. The molecule has 0 radical (unpaired) electrons. The van der Waals surface area contributed by atoms with Gasteiger partial charge in [-0.15, -0.1) is 0 Å². The SMILES string of the molecule is Cc1cc(C(C)(C)C)ccc1N1CCC2(CCN(C)CC2)CC1. The summed E-state index contributed by atoms with van der Waals surface area (Å²) in [5.41, 5.74) is 5.23. The van der Waals surface area contributed by atoms with Crippen LogP contribution in [0.15, 0.2) is 18.2 Å². The van der Waals surface area contributed by atoms with Gasteiger partial charge in [-0.2, -0.15) is 0 Å². The summed E-state index contributed by atoms with van der Waals surface area (Å²) in [6.07, 6.45) is 5.56. The molecule has 2 heterocycles. The summed E-state index contributed by atoms with van der Waals surface area (Å²) >= 11 is 0. The Kier molecular flexibility index (Phi) is 4.48. The second kappa shape index (κ2) is 6.12. The van der Waals surface area contributed by atoms with Crippen molar-refractivity contribution in [1.29, 1.82) is 0 Å². The number of anilines is 1. The summed E-state index contributed by atoms with van der Waals surface area (Å²) in [5.74, 6) is 0. The van der Waals surface area contributed by atoms with Crippen LogP contribution >= 0.6 is 0 Å². The summed E-state index contributed by atoms with van der Waals surface area (Å²) in [5, 5.41) is 0. The first kappa shape index (κ1) is 16.8. The number of rotatable bonds is 1. The van der Waals surface area contributed by atoms with Gasteiger partial charge in [-0.3, -0.25) is 0 Å². The van der Waals surface area contributed by atoms with Crippen LogP contribution in [-0.2, 0) is 5.41 Å². The van der Waals surface area contributed by atoms with Crippen LogP contribution in [0.25, 0.3) is 0 Å². The van der Waals surface area contributed by atoms with Gasteiger partial charge in [-0.05, 0) is 80.8 Å². The molecule has 2 nitrogen and oxygen atoms in total. The molecule has 1 aromatic carbocycles. The van der Waals surface area contributed by atoms with Gasteiger partial charge in [0.2, 0.25) is 0 Å². The van der Waals surface area contributed by atoms with Gasteiger partial charge in [0.25, 0.3) is 0 Å². The van der Waals surface area contributed by atoms with Crippen molar-refractivity contribution in [2.24, 2.45) is 5.41 Å². The second-order valence-electron chi connectivity index (χ2n) is 9.04. The molecular formula is C21H34N2. The molecule has 0 aromatic heterocycles. The summed E-state index contributed by atoms with van der Waals surface area (Å²) in [6, 6.07) is 7.10. The quantitative estimate of drug-likeness (QED) is 0.747. The Morgan fingerprint density at radius 3 is 2.00 bits per heavy atom. The van der Waals surface area contributed by atoms with Crippen molar-refractivity contribution >= 4 is 5.69 Å². The fourth-order valence-corrected chi connectivity index (χ4v) is 4.29. The Balaban J connectivity index is 1.68. The first-order chi connectivity index (χ1) is 10.8. The van der Waals surface area contributed by atoms with Crippen molar-refractivity contribution in [2.45, 2.75) is 58.8 Å². The first-order valence-electron chi connectivity index (χ1n) is 9.34. The lowest BCUT2D eigenvalue weighted by atomic mass is 9.71. The monoisotopic (exact) mass is 314 g/mol. The van der Waals surface area contributed by atoms with E-state index in [4.69, 9.17) is 0 Å². The van der Waals surface area contributed by atoms with Crippen LogP contribution in [0.2, 0.25) is 0 Å². The zero-order valence-corrected chi connectivity index (χ0v) is 15.8. The van der Waals surface area contributed by atoms with Crippen LogP contribution in [-0.4, -0.2) is 38.1 Å². The molecule has 3 rings (SSSR count). The molecule has 2 fully saturated rings. The van der Waals surface area contributed by atoms with E-state index in [0.29, 0.717) is 5.41 Å². The Hall–Kier alpha value is -1.02. The standard InChI is InChI=1S/C21H34N2/c1-17-16-18(20(2,3)4)6-7-19(17)23-14-10-21(11-15-23)8-12-22(5)13-9-21/h6-7,16H,8-15H2,1-5H3. The topological polar surface area (TPSA) is 6.48 Å². The van der Waals surface area contributed by atoms with E-state index >= 15 is 0 Å². The Morgan fingerprint density at radius 2 is 1.48 bits per heavy atom. The van der Waals surface area contributed by atoms with E-state index < -0.39 is 0 Å². The van der Waals surface area contributed by atoms with Gasteiger partial charge in [0.15, 0.2) is 0 Å². The fourth-order valence-electron chi connectivity index (χ4n) is 4.29. The van der Waals surface area contributed by atoms with Crippen LogP contribution in [0.3, 0.4) is 0 Å². The molecule has 0 aliphatic carbocycles. The predicted octanol–water partition coefficient (Wildman–Crippen LogP) is 4.60. The second-order valence-corrected chi connectivity index (χ2v) is 9.04. The van der Waals surface area contributed by atoms with Crippen LogP contribution < -0.4 is 4.90 Å². The third-order valence-corrected chi connectivity index (χ3v) is 6.28. The molecule has 0 N–H and O–H groups in total. The number of likely N-dealkylation sites (tertiary alicyclic amines) is 1. The van der Waals surface area contributed by atoms with Crippen molar-refractivity contribution < 1.29 is 0 Å². The highest BCUT2D eigenvalue weighted by molar-refractivity contribution is 5.55. The van der Waals surface area contributed by atoms with Crippen LogP contribution in [0.4, 0.5) is 5.69 Å². The molecule has 1 spiro atoms. The summed E-state index contributed by atoms with van der Waals surface area (Å²) < 4.78 is 0. The van der Waals surface area contributed by atoms with Crippen molar-refractivity contribution in [3.05, 3.63) is 29.3 Å². The summed E-state index contributed by atoms with van der Waals surface area (Å²) in [4.78, 5) is 5.12. The normalized spacial score (nSPS) is 22.6. The molecule has 0 unspecified atom stereocenters. The van der Waals surface area contributed by atoms with E-state index in [9.17, 15) is 0 Å². The lowest BCUT2D eigenvalue weighted by molar-refractivity contribution is 0.0944. The van der Waals surface area contributed by atoms with E-state index in [-0.39, 0.29) is 5.41 Å². The lowest BCUT2D eigenvalue weighted by Crippen LogP contribution is -2.46. The maximum atomic E-state index is 2.63. The third kappa shape index (κ3) is 3.57. The highest BCUT2D eigenvalue weighted by atomic mass is 15.1. The van der Waals surface area contributed by atoms with Crippen molar-refractivity contribution in [1.82, 2.24) is 4.90 Å². The average Bonchev–Trinajstić information content (AvgIpc) is 2.51. The Bertz CT molecular complexity index is 537. The van der Waals surface area contributed by atoms with Crippen molar-refractivity contribution in [3.63, 3.8) is 0 Å². The summed E-state index contributed by atoms with van der Waals surface area (Å²) in [6.45, 7) is 14.2. The number of benzene rings is 1. The van der Waals surface area contributed by atoms with Gasteiger partial charge in [0.1, 0.15) is 0 Å². The first-order valence-corrected chi connectivity index (χ1v) is 9.34. The minimum absolute atomic E-state index is 0.239. The van der Waals surface area contributed by atoms with E-state index in [1.165, 1.54) is 68.7 Å². The van der Waals surface area contributed by atoms with Crippen LogP contribution in [0.5, 0.6) is 0 Å². The van der Waals surface area contributed by atoms with E-state index in [2.05, 4.69) is 62.7 Å².